The van der Waals surface area contributed by atoms with Crippen LogP contribution in [0.4, 0.5) is 5.69 Å². The number of amides is 1. The topological polar surface area (TPSA) is 80.2 Å². The normalized spacial score (nSPS) is 16.8. The van der Waals surface area contributed by atoms with Gasteiger partial charge in [0.2, 0.25) is 0 Å². The summed E-state index contributed by atoms with van der Waals surface area (Å²) in [6.45, 7) is 2.79. The minimum absolute atomic E-state index is 0.0879. The van der Waals surface area contributed by atoms with Gasteiger partial charge in [0.1, 0.15) is 5.75 Å². The Morgan fingerprint density at radius 3 is 2.42 bits per heavy atom. The number of benzene rings is 3. The molecule has 3 aromatic rings. The van der Waals surface area contributed by atoms with Crippen molar-refractivity contribution in [1.29, 1.82) is 0 Å². The van der Waals surface area contributed by atoms with Crippen LogP contribution in [0, 0.1) is 0 Å². The lowest BCUT2D eigenvalue weighted by Crippen LogP contribution is -2.42. The fourth-order valence-electron chi connectivity index (χ4n) is 4.55. The van der Waals surface area contributed by atoms with Crippen LogP contribution in [0.5, 0.6) is 5.75 Å². The van der Waals surface area contributed by atoms with E-state index in [0.29, 0.717) is 22.7 Å². The molecule has 0 radical (unpaired) electrons. The first-order valence-corrected chi connectivity index (χ1v) is 13.6. The van der Waals surface area contributed by atoms with Gasteiger partial charge in [-0.05, 0) is 43.2 Å². The molecule has 38 heavy (non-hydrogen) atoms. The summed E-state index contributed by atoms with van der Waals surface area (Å²) in [5.74, 6) is 0.999. The lowest BCUT2D eigenvalue weighted by atomic mass is 9.91. The molecule has 1 saturated heterocycles. The predicted octanol–water partition coefficient (Wildman–Crippen LogP) is 5.53. The molecule has 1 fully saturated rings. The van der Waals surface area contributed by atoms with E-state index in [2.05, 4.69) is 10.2 Å². The van der Waals surface area contributed by atoms with Crippen LogP contribution in [-0.4, -0.2) is 47.5 Å². The molecule has 0 spiro atoms. The molecule has 7 nitrogen and oxygen atoms in total. The minimum atomic E-state index is -0.370. The second-order valence-corrected chi connectivity index (χ2v) is 9.88. The lowest BCUT2D eigenvalue weighted by molar-refractivity contribution is -0.139. The van der Waals surface area contributed by atoms with E-state index in [-0.39, 0.29) is 31.1 Å². The van der Waals surface area contributed by atoms with Crippen LogP contribution in [0.3, 0.4) is 0 Å². The molecule has 1 amide bonds. The highest BCUT2D eigenvalue weighted by molar-refractivity contribution is 8.13. The third-order valence-corrected chi connectivity index (χ3v) is 7.31. The highest BCUT2D eigenvalue weighted by Gasteiger charge is 2.39. The van der Waals surface area contributed by atoms with Gasteiger partial charge < -0.3 is 19.7 Å². The Bertz CT molecular complexity index is 1340. The number of rotatable bonds is 8. The Morgan fingerprint density at radius 1 is 1.00 bits per heavy atom. The van der Waals surface area contributed by atoms with Gasteiger partial charge in [0.05, 0.1) is 23.9 Å². The van der Waals surface area contributed by atoms with Crippen molar-refractivity contribution < 1.29 is 19.1 Å². The third-order valence-electron chi connectivity index (χ3n) is 6.23. The molecule has 1 atom stereocenters. The van der Waals surface area contributed by atoms with Crippen LogP contribution in [-0.2, 0) is 14.3 Å². The second-order valence-electron chi connectivity index (χ2n) is 8.81. The molecule has 0 saturated carbocycles. The number of carbonyl (C=O) groups excluding carboxylic acids is 2. The van der Waals surface area contributed by atoms with Crippen molar-refractivity contribution in [3.8, 4) is 5.75 Å². The van der Waals surface area contributed by atoms with Crippen molar-refractivity contribution in [2.24, 2.45) is 4.99 Å². The van der Waals surface area contributed by atoms with Gasteiger partial charge in [-0.1, -0.05) is 72.4 Å². The van der Waals surface area contributed by atoms with E-state index in [4.69, 9.17) is 14.5 Å². The number of carbonyl (C=O) groups is 2. The molecule has 2 heterocycles. The molecule has 8 heteroatoms. The number of nitrogens with one attached hydrogen (secondary N) is 1. The number of fused-ring (bicyclic) bond motifs is 1. The standard InChI is InChI=1S/C30H29N3O4S/c1-2-36-29(35)26-27(21-10-5-3-6-11-21)32-30-33(18-9-19-38-30)28(26)22-14-16-23(17-15-22)31-25(34)20-37-24-12-7-4-8-13-24/h3-8,10-17,28H,2,9,18-20H2,1H3,(H,31,34). The summed E-state index contributed by atoms with van der Waals surface area (Å²) in [4.78, 5) is 33.0. The summed E-state index contributed by atoms with van der Waals surface area (Å²) in [7, 11) is 0. The van der Waals surface area contributed by atoms with Crippen LogP contribution in [0.1, 0.15) is 30.5 Å². The van der Waals surface area contributed by atoms with Gasteiger partial charge in [-0.2, -0.15) is 0 Å². The second kappa shape index (κ2) is 12.0. The summed E-state index contributed by atoms with van der Waals surface area (Å²) < 4.78 is 11.1. The molecule has 194 valence electrons. The summed E-state index contributed by atoms with van der Waals surface area (Å²) >= 11 is 1.70. The first-order chi connectivity index (χ1) is 18.6. The maximum atomic E-state index is 13.4. The monoisotopic (exact) mass is 527 g/mol. The number of hydrogen-bond acceptors (Lipinski definition) is 7. The summed E-state index contributed by atoms with van der Waals surface area (Å²) in [6, 6.07) is 26.2. The first-order valence-electron chi connectivity index (χ1n) is 12.7. The Labute approximate surface area is 226 Å². The number of thioether (sulfide) groups is 1. The Morgan fingerprint density at radius 2 is 1.71 bits per heavy atom. The number of aliphatic imine (C=N–C) groups is 1. The van der Waals surface area contributed by atoms with E-state index in [1.807, 2.05) is 79.7 Å². The van der Waals surface area contributed by atoms with Gasteiger partial charge in [-0.3, -0.25) is 4.79 Å². The average Bonchev–Trinajstić information content (AvgIpc) is 2.96. The number of para-hydroxylation sites is 1. The van der Waals surface area contributed by atoms with E-state index < -0.39 is 0 Å². The molecule has 1 unspecified atom stereocenters. The van der Waals surface area contributed by atoms with E-state index in [1.54, 1.807) is 23.9 Å². The molecule has 0 aromatic heterocycles. The molecule has 0 aliphatic carbocycles. The van der Waals surface area contributed by atoms with Crippen molar-refractivity contribution in [3.05, 3.63) is 102 Å². The van der Waals surface area contributed by atoms with Gasteiger partial charge in [0.25, 0.3) is 5.91 Å². The molecular formula is C30H29N3O4S. The smallest absolute Gasteiger partial charge is 0.338 e. The molecule has 0 bridgehead atoms. The van der Waals surface area contributed by atoms with Gasteiger partial charge in [-0.25, -0.2) is 9.79 Å². The summed E-state index contributed by atoms with van der Waals surface area (Å²) in [6.07, 6.45) is 0.993. The molecular weight excluding hydrogens is 498 g/mol. The Kier molecular flexibility index (Phi) is 8.09. The maximum Gasteiger partial charge on any atom is 0.338 e. The van der Waals surface area contributed by atoms with Gasteiger partial charge in [0, 0.05) is 23.5 Å². The quantitative estimate of drug-likeness (QED) is 0.388. The van der Waals surface area contributed by atoms with E-state index in [1.165, 1.54) is 0 Å². The Balaban J connectivity index is 1.43. The molecule has 1 N–H and O–H groups in total. The number of ether oxygens (including phenoxy) is 2. The van der Waals surface area contributed by atoms with Crippen molar-refractivity contribution in [2.75, 3.05) is 30.8 Å². The van der Waals surface area contributed by atoms with Crippen molar-refractivity contribution >= 4 is 40.2 Å². The van der Waals surface area contributed by atoms with E-state index >= 15 is 0 Å². The van der Waals surface area contributed by atoms with Gasteiger partial charge >= 0.3 is 5.97 Å². The Hall–Kier alpha value is -4.04. The summed E-state index contributed by atoms with van der Waals surface area (Å²) in [5.41, 5.74) is 3.62. The van der Waals surface area contributed by atoms with E-state index in [0.717, 1.165) is 35.0 Å². The fraction of sp³-hybridized carbons (Fsp3) is 0.233. The predicted molar refractivity (Wildman–Crippen MR) is 151 cm³/mol. The number of esters is 1. The third kappa shape index (κ3) is 5.75. The average molecular weight is 528 g/mol. The molecule has 2 aliphatic heterocycles. The maximum absolute atomic E-state index is 13.4. The van der Waals surface area contributed by atoms with Crippen molar-refractivity contribution in [2.45, 2.75) is 19.4 Å². The van der Waals surface area contributed by atoms with Crippen LogP contribution in [0.15, 0.2) is 95.5 Å². The zero-order valence-corrected chi connectivity index (χ0v) is 21.9. The first kappa shape index (κ1) is 25.6. The highest BCUT2D eigenvalue weighted by Crippen LogP contribution is 2.43. The van der Waals surface area contributed by atoms with Crippen molar-refractivity contribution in [3.63, 3.8) is 0 Å². The van der Waals surface area contributed by atoms with Crippen molar-refractivity contribution in [1.82, 2.24) is 4.90 Å². The van der Waals surface area contributed by atoms with E-state index in [9.17, 15) is 9.59 Å². The zero-order chi connectivity index (χ0) is 26.3. The molecule has 3 aromatic carbocycles. The van der Waals surface area contributed by atoms with Crippen LogP contribution < -0.4 is 10.1 Å². The van der Waals surface area contributed by atoms with Gasteiger partial charge in [-0.15, -0.1) is 0 Å². The number of anilines is 1. The van der Waals surface area contributed by atoms with Crippen LogP contribution in [0.2, 0.25) is 0 Å². The largest absolute Gasteiger partial charge is 0.484 e. The number of hydrogen-bond donors (Lipinski definition) is 1. The van der Waals surface area contributed by atoms with Gasteiger partial charge in [0.15, 0.2) is 11.8 Å². The molecule has 2 aliphatic rings. The zero-order valence-electron chi connectivity index (χ0n) is 21.1. The highest BCUT2D eigenvalue weighted by atomic mass is 32.2. The molecule has 5 rings (SSSR count). The summed E-state index contributed by atoms with van der Waals surface area (Å²) in [5, 5.41) is 3.78. The fourth-order valence-corrected chi connectivity index (χ4v) is 5.52. The number of nitrogens with zero attached hydrogens (tertiary/aromatic N) is 2. The SMILES string of the molecule is CCOC(=O)C1=C(c2ccccc2)N=C2SCCCN2C1c1ccc(NC(=O)COc2ccccc2)cc1. The van der Waals surface area contributed by atoms with Crippen LogP contribution in [0.25, 0.3) is 5.70 Å². The lowest BCUT2D eigenvalue weighted by Gasteiger charge is -2.41. The van der Waals surface area contributed by atoms with Crippen LogP contribution >= 0.6 is 11.8 Å². The minimum Gasteiger partial charge on any atom is -0.484 e. The number of amidine groups is 1.